The second-order valence-corrected chi connectivity index (χ2v) is 14.2. The van der Waals surface area contributed by atoms with Crippen LogP contribution in [0.25, 0.3) is 88.4 Å². The quantitative estimate of drug-likeness (QED) is 0.175. The van der Waals surface area contributed by atoms with Crippen molar-refractivity contribution < 1.29 is 0 Å². The molecule has 10 rings (SSSR count). The van der Waals surface area contributed by atoms with Crippen molar-refractivity contribution in [1.29, 1.82) is 21.0 Å². The van der Waals surface area contributed by atoms with Crippen LogP contribution in [0.15, 0.2) is 170 Å². The Morgan fingerprint density at radius 2 is 0.672 bits per heavy atom. The Kier molecular flexibility index (Phi) is 7.92. The van der Waals surface area contributed by atoms with E-state index in [1.807, 2.05) is 91.0 Å². The molecule has 0 fully saturated rings. The molecule has 266 valence electrons. The Morgan fingerprint density at radius 3 is 1.12 bits per heavy atom. The van der Waals surface area contributed by atoms with Crippen molar-refractivity contribution in [3.05, 3.63) is 192 Å². The maximum atomic E-state index is 10.8. The summed E-state index contributed by atoms with van der Waals surface area (Å²) in [7, 11) is 0. The lowest BCUT2D eigenvalue weighted by atomic mass is 9.96. The molecule has 0 unspecified atom stereocenters. The van der Waals surface area contributed by atoms with Crippen molar-refractivity contribution in [3.8, 4) is 69.0 Å². The minimum atomic E-state index is 0.470. The molecule has 0 spiro atoms. The van der Waals surface area contributed by atoms with Gasteiger partial charge in [0.2, 0.25) is 0 Å². The Hall–Kier alpha value is -8.68. The van der Waals surface area contributed by atoms with Gasteiger partial charge in [0.1, 0.15) is 0 Å². The molecule has 0 amide bonds. The summed E-state index contributed by atoms with van der Waals surface area (Å²) in [5.41, 5.74) is 12.9. The fraction of sp³-hybridized carbons (Fsp3) is 0. The summed E-state index contributed by atoms with van der Waals surface area (Å²) in [5, 5.41) is 44.6. The van der Waals surface area contributed by atoms with Crippen LogP contribution in [0.3, 0.4) is 0 Å². The largest absolute Gasteiger partial charge is 0.308 e. The minimum absolute atomic E-state index is 0.470. The van der Waals surface area contributed by atoms with Gasteiger partial charge in [-0.1, -0.05) is 97.1 Å². The van der Waals surface area contributed by atoms with Crippen molar-refractivity contribution in [1.82, 2.24) is 9.13 Å². The van der Waals surface area contributed by atoms with Gasteiger partial charge in [0.05, 0.1) is 80.0 Å². The first-order valence-corrected chi connectivity index (χ1v) is 18.7. The van der Waals surface area contributed by atoms with Crippen LogP contribution >= 0.6 is 0 Å². The van der Waals surface area contributed by atoms with Crippen molar-refractivity contribution in [2.75, 3.05) is 0 Å². The average molecular weight is 737 g/mol. The lowest BCUT2D eigenvalue weighted by molar-refractivity contribution is 1.13. The zero-order valence-electron chi connectivity index (χ0n) is 30.8. The van der Waals surface area contributed by atoms with Gasteiger partial charge >= 0.3 is 0 Å². The van der Waals surface area contributed by atoms with Gasteiger partial charge in [-0.3, -0.25) is 0 Å². The van der Waals surface area contributed by atoms with Crippen molar-refractivity contribution in [3.63, 3.8) is 0 Å². The summed E-state index contributed by atoms with van der Waals surface area (Å²) in [6, 6.07) is 65.4. The van der Waals surface area contributed by atoms with E-state index in [1.165, 1.54) is 0 Å². The first-order chi connectivity index (χ1) is 28.6. The highest BCUT2D eigenvalue weighted by Gasteiger charge is 2.24. The number of rotatable bonds is 5. The minimum Gasteiger partial charge on any atom is -0.308 e. The summed E-state index contributed by atoms with van der Waals surface area (Å²) in [4.78, 5) is 0. The van der Waals surface area contributed by atoms with Gasteiger partial charge in [0.25, 0.3) is 0 Å². The van der Waals surface area contributed by atoms with Crippen LogP contribution in [0.4, 0.5) is 0 Å². The number of nitrogens with zero attached hydrogens (tertiary/aromatic N) is 6. The Morgan fingerprint density at radius 1 is 0.293 bits per heavy atom. The Labute approximate surface area is 333 Å². The highest BCUT2D eigenvalue weighted by atomic mass is 15.0. The third-order valence-corrected chi connectivity index (χ3v) is 11.0. The fourth-order valence-corrected chi connectivity index (χ4v) is 8.42. The molecular weight excluding hydrogens is 709 g/mol. The van der Waals surface area contributed by atoms with E-state index in [0.29, 0.717) is 22.3 Å². The highest BCUT2D eigenvalue weighted by molar-refractivity contribution is 6.13. The predicted octanol–water partition coefficient (Wildman–Crippen LogP) is 12.4. The van der Waals surface area contributed by atoms with Crippen LogP contribution in [0.5, 0.6) is 0 Å². The summed E-state index contributed by atoms with van der Waals surface area (Å²) >= 11 is 0. The molecular formula is C52H28N6. The number of fused-ring (bicyclic) bond motifs is 6. The molecule has 8 aromatic carbocycles. The van der Waals surface area contributed by atoms with Crippen molar-refractivity contribution in [2.24, 2.45) is 0 Å². The van der Waals surface area contributed by atoms with E-state index in [4.69, 9.17) is 0 Å². The summed E-state index contributed by atoms with van der Waals surface area (Å²) in [5.74, 6) is 0. The average Bonchev–Trinajstić information content (AvgIpc) is 3.80. The number of hydrogen-bond donors (Lipinski definition) is 0. The first kappa shape index (κ1) is 33.9. The van der Waals surface area contributed by atoms with Crippen LogP contribution in [-0.2, 0) is 0 Å². The molecule has 0 bridgehead atoms. The van der Waals surface area contributed by atoms with Gasteiger partial charge in [-0.2, -0.15) is 21.0 Å². The lowest BCUT2D eigenvalue weighted by Crippen LogP contribution is -2.05. The molecule has 0 aliphatic heterocycles. The number of benzene rings is 8. The van der Waals surface area contributed by atoms with Crippen molar-refractivity contribution in [2.45, 2.75) is 0 Å². The van der Waals surface area contributed by atoms with Gasteiger partial charge in [-0.25, -0.2) is 0 Å². The predicted molar refractivity (Wildman–Crippen MR) is 230 cm³/mol. The molecule has 0 saturated carbocycles. The van der Waals surface area contributed by atoms with Crippen LogP contribution < -0.4 is 0 Å². The van der Waals surface area contributed by atoms with Gasteiger partial charge in [-0.05, 0) is 101 Å². The molecule has 0 saturated heterocycles. The zero-order valence-corrected chi connectivity index (χ0v) is 30.8. The standard InChI is InChI=1S/C52H28N6/c53-29-33-8-5-11-37(22-33)39-18-20-44-42-14-1-3-16-46(42)57(48(44)27-39)50-25-36(32-56)26-51(52(50)41-13-7-10-35(24-41)31-55)58-47-17-4-2-15-43(47)45-21-19-40(28-49(45)58)38-12-6-9-34(23-38)30-54/h1-28H. The molecule has 0 atom stereocenters. The van der Waals surface area contributed by atoms with E-state index in [-0.39, 0.29) is 0 Å². The van der Waals surface area contributed by atoms with Crippen molar-refractivity contribution >= 4 is 43.6 Å². The third-order valence-electron chi connectivity index (χ3n) is 11.0. The van der Waals surface area contributed by atoms with Crippen LogP contribution in [0, 0.1) is 45.3 Å². The molecule has 6 heteroatoms. The second kappa shape index (κ2) is 13.6. The number of para-hydroxylation sites is 2. The third kappa shape index (κ3) is 5.38. The van der Waals surface area contributed by atoms with Gasteiger partial charge in [0.15, 0.2) is 0 Å². The van der Waals surface area contributed by atoms with E-state index in [1.54, 1.807) is 18.2 Å². The molecule has 10 aromatic rings. The van der Waals surface area contributed by atoms with Crippen LogP contribution in [-0.4, -0.2) is 9.13 Å². The molecule has 58 heavy (non-hydrogen) atoms. The maximum Gasteiger partial charge on any atom is 0.0993 e. The number of aromatic nitrogens is 2. The molecule has 0 radical (unpaired) electrons. The second-order valence-electron chi connectivity index (χ2n) is 14.2. The molecule has 6 nitrogen and oxygen atoms in total. The summed E-state index contributed by atoms with van der Waals surface area (Å²) in [6.07, 6.45) is 0. The normalized spacial score (nSPS) is 11.0. The SMILES string of the molecule is N#Cc1cccc(-c2ccc3c4ccccc4n(-c4cc(C#N)cc(-n5c6ccccc6c6ccc(-c7cccc(C#N)c7)cc65)c4-c4cccc(C#N)c4)c3c2)c1. The fourth-order valence-electron chi connectivity index (χ4n) is 8.42. The lowest BCUT2D eigenvalue weighted by Gasteiger charge is -2.21. The molecule has 2 heterocycles. The van der Waals surface area contributed by atoms with Crippen LogP contribution in [0.1, 0.15) is 22.3 Å². The van der Waals surface area contributed by atoms with E-state index in [2.05, 4.69) is 94.1 Å². The highest BCUT2D eigenvalue weighted by Crippen LogP contribution is 2.44. The number of hydrogen-bond acceptors (Lipinski definition) is 4. The molecule has 0 N–H and O–H groups in total. The summed E-state index contributed by atoms with van der Waals surface area (Å²) in [6.45, 7) is 0. The molecule has 0 aliphatic rings. The maximum absolute atomic E-state index is 10.8. The van der Waals surface area contributed by atoms with E-state index in [0.717, 1.165) is 88.4 Å². The van der Waals surface area contributed by atoms with Crippen LogP contribution in [0.2, 0.25) is 0 Å². The molecule has 0 aliphatic carbocycles. The monoisotopic (exact) mass is 736 g/mol. The molecule has 2 aromatic heterocycles. The zero-order chi connectivity index (χ0) is 39.3. The topological polar surface area (TPSA) is 105 Å². The Bertz CT molecular complexity index is 3320. The van der Waals surface area contributed by atoms with E-state index < -0.39 is 0 Å². The van der Waals surface area contributed by atoms with Gasteiger partial charge in [-0.15, -0.1) is 0 Å². The first-order valence-electron chi connectivity index (χ1n) is 18.7. The smallest absolute Gasteiger partial charge is 0.0993 e. The van der Waals surface area contributed by atoms with Gasteiger partial charge in [0, 0.05) is 27.1 Å². The van der Waals surface area contributed by atoms with Gasteiger partial charge < -0.3 is 9.13 Å². The van der Waals surface area contributed by atoms with E-state index >= 15 is 0 Å². The van der Waals surface area contributed by atoms with E-state index in [9.17, 15) is 21.0 Å². The number of nitriles is 4. The summed E-state index contributed by atoms with van der Waals surface area (Å²) < 4.78 is 4.46. The Balaban J connectivity index is 1.36.